The first-order chi connectivity index (χ1) is 19.2. The number of rotatable bonds is 6. The molecule has 0 aliphatic rings. The first-order valence-electron chi connectivity index (χ1n) is 11.3. The number of hydrogen-bond donors (Lipinski definition) is 0. The predicted molar refractivity (Wildman–Crippen MR) is 153 cm³/mol. The van der Waals surface area contributed by atoms with Gasteiger partial charge in [0.15, 0.2) is 0 Å². The fraction of sp³-hybridized carbons (Fsp3) is 0.0714. The maximum Gasteiger partial charge on any atom is 2.00 e. The number of nitrogens with zero attached hydrogens (tertiary/aromatic N) is 4. The Kier molecular flexibility index (Phi) is 18.9. The summed E-state index contributed by atoms with van der Waals surface area (Å²) in [5.74, 6) is 1.75. The number of hydrogen-bond acceptors (Lipinski definition) is 10. The van der Waals surface area contributed by atoms with E-state index >= 15 is 0 Å². The van der Waals surface area contributed by atoms with Crippen LogP contribution in [0.3, 0.4) is 0 Å². The fourth-order valence-corrected chi connectivity index (χ4v) is 2.76. The molecule has 2 heterocycles. The predicted octanol–water partition coefficient (Wildman–Crippen LogP) is 6.04. The van der Waals surface area contributed by atoms with Gasteiger partial charge in [0.05, 0.1) is 24.4 Å². The van der Waals surface area contributed by atoms with Crippen molar-refractivity contribution in [3.63, 3.8) is 0 Å². The van der Waals surface area contributed by atoms with Crippen LogP contribution < -0.4 is 9.47 Å². The topological polar surface area (TPSA) is 177 Å². The zero-order valence-corrected chi connectivity index (χ0v) is 22.8. The first kappa shape index (κ1) is 35.7. The average Bonchev–Trinajstić information content (AvgIpc) is 2.96. The quantitative estimate of drug-likeness (QED) is 0.142. The van der Waals surface area contributed by atoms with E-state index in [0.717, 1.165) is 33.8 Å². The molecule has 4 rings (SSSR count). The van der Waals surface area contributed by atoms with Gasteiger partial charge < -0.3 is 40.1 Å². The number of pyridine rings is 2. The van der Waals surface area contributed by atoms with Gasteiger partial charge >= 0.3 is 17.1 Å². The molecule has 0 amide bonds. The van der Waals surface area contributed by atoms with Gasteiger partial charge in [0.25, 0.3) is 0 Å². The number of methoxy groups -OCH3 is 2. The Balaban J connectivity index is 0.000000609. The van der Waals surface area contributed by atoms with E-state index in [4.69, 9.17) is 40.1 Å². The summed E-state index contributed by atoms with van der Waals surface area (Å²) in [6.45, 7) is 0. The monoisotopic (exact) mass is 609 g/mol. The fourth-order valence-electron chi connectivity index (χ4n) is 2.76. The summed E-state index contributed by atoms with van der Waals surface area (Å²) in [7, 11) is 3.34. The molecule has 0 N–H and O–H groups in total. The van der Waals surface area contributed by atoms with Gasteiger partial charge in [0, 0.05) is 24.8 Å². The van der Waals surface area contributed by atoms with E-state index in [1.165, 1.54) is 0 Å². The van der Waals surface area contributed by atoms with Crippen LogP contribution in [-0.2, 0) is 17.1 Å². The largest absolute Gasteiger partial charge is 2.00 e. The summed E-state index contributed by atoms with van der Waals surface area (Å²) in [5.41, 5.74) is 4.59. The smallest absolute Gasteiger partial charge is 0.497 e. The van der Waals surface area contributed by atoms with Crippen molar-refractivity contribution < 1.29 is 36.7 Å². The molecule has 1 radical (unpaired) electrons. The molecule has 0 fully saturated rings. The Labute approximate surface area is 246 Å². The van der Waals surface area contributed by atoms with Crippen LogP contribution in [0.4, 0.5) is 0 Å². The van der Waals surface area contributed by atoms with E-state index in [2.05, 4.69) is 34.3 Å². The molecule has 0 unspecified atom stereocenters. The second kappa shape index (κ2) is 21.6. The van der Waals surface area contributed by atoms with Crippen molar-refractivity contribution in [1.29, 1.82) is 0 Å². The molecular weight excluding hydrogens is 584 g/mol. The minimum absolute atomic E-state index is 0. The number of aromatic nitrogens is 2. The summed E-state index contributed by atoms with van der Waals surface area (Å²) in [6.07, 6.45) is 15.4. The molecule has 41 heavy (non-hydrogen) atoms. The second-order valence-corrected chi connectivity index (χ2v) is 7.22. The third kappa shape index (κ3) is 18.6. The molecule has 0 spiro atoms. The van der Waals surface area contributed by atoms with Crippen LogP contribution in [0, 0.1) is 30.6 Å². The molecule has 4 aromatic rings. The summed E-state index contributed by atoms with van der Waals surface area (Å²) in [6, 6.07) is 23.8. The van der Waals surface area contributed by atoms with Crippen LogP contribution in [0.2, 0.25) is 0 Å². The van der Waals surface area contributed by atoms with Gasteiger partial charge in [-0.15, -0.1) is 0 Å². The first-order valence-corrected chi connectivity index (χ1v) is 11.3. The van der Waals surface area contributed by atoms with E-state index in [9.17, 15) is 0 Å². The van der Waals surface area contributed by atoms with Crippen molar-refractivity contribution in [2.45, 2.75) is 0 Å². The Morgan fingerprint density at radius 2 is 0.732 bits per heavy atom. The van der Waals surface area contributed by atoms with Crippen LogP contribution in [0.1, 0.15) is 22.3 Å². The summed E-state index contributed by atoms with van der Waals surface area (Å²) in [4.78, 5) is 24.4. The number of ether oxygens (including phenoxy) is 2. The molecule has 2 aromatic heterocycles. The zero-order valence-electron chi connectivity index (χ0n) is 21.9. The zero-order chi connectivity index (χ0) is 29.6. The van der Waals surface area contributed by atoms with E-state index in [0.29, 0.717) is 0 Å². The molecule has 2 aromatic carbocycles. The van der Waals surface area contributed by atoms with Gasteiger partial charge in [-0.1, -0.05) is 48.6 Å². The second-order valence-electron chi connectivity index (χ2n) is 7.22. The normalized spacial score (nSPS) is 9.41. The van der Waals surface area contributed by atoms with E-state index in [1.54, 1.807) is 39.0 Å². The molecule has 13 heteroatoms. The molecule has 0 bridgehead atoms. The maximum atomic E-state index is 8.25. The summed E-state index contributed by atoms with van der Waals surface area (Å²) < 4.78 is 10.2. The minimum Gasteiger partial charge on any atom is -0.497 e. The maximum absolute atomic E-state index is 8.25. The van der Waals surface area contributed by atoms with Crippen molar-refractivity contribution in [2.24, 2.45) is 0 Å². The average molecular weight is 610 g/mol. The van der Waals surface area contributed by atoms with E-state index in [-0.39, 0.29) is 17.1 Å². The van der Waals surface area contributed by atoms with Crippen molar-refractivity contribution in [1.82, 2.24) is 9.97 Å². The van der Waals surface area contributed by atoms with Gasteiger partial charge in [-0.2, -0.15) is 0 Å². The van der Waals surface area contributed by atoms with Gasteiger partial charge in [0.2, 0.25) is 0 Å². The SMILES string of the molecule is COc1ccc(/C=C/c2ccncc2)cc1.COc1ccc(/C=C/c2ccncc2)cc1.O=[N+]([O-])[O-].O=[N+]([O-])[O-].[Cu+2]. The molecule has 217 valence electrons. The molecule has 12 nitrogen and oxygen atoms in total. The van der Waals surface area contributed by atoms with Crippen LogP contribution in [0.25, 0.3) is 24.3 Å². The third-order valence-corrected chi connectivity index (χ3v) is 4.58. The van der Waals surface area contributed by atoms with Gasteiger partial charge in [0.1, 0.15) is 11.5 Å². The molecule has 0 aliphatic heterocycles. The third-order valence-electron chi connectivity index (χ3n) is 4.58. The van der Waals surface area contributed by atoms with Crippen molar-refractivity contribution in [3.8, 4) is 11.5 Å². The van der Waals surface area contributed by atoms with Crippen LogP contribution >= 0.6 is 0 Å². The van der Waals surface area contributed by atoms with E-state index in [1.807, 2.05) is 72.8 Å². The van der Waals surface area contributed by atoms with Crippen LogP contribution in [-0.4, -0.2) is 34.4 Å². The van der Waals surface area contributed by atoms with Crippen LogP contribution in [0.15, 0.2) is 97.6 Å². The number of benzene rings is 2. The Morgan fingerprint density at radius 3 is 0.951 bits per heavy atom. The molecule has 0 saturated carbocycles. The summed E-state index contributed by atoms with van der Waals surface area (Å²) in [5, 5.41) is 29.5. The van der Waals surface area contributed by atoms with E-state index < -0.39 is 10.2 Å². The van der Waals surface area contributed by atoms with Crippen LogP contribution in [0.5, 0.6) is 11.5 Å². The molecule has 0 atom stereocenters. The molecular formula is C28H26CuN4O8. The van der Waals surface area contributed by atoms with Gasteiger partial charge in [-0.3, -0.25) is 9.97 Å². The Bertz CT molecular complexity index is 1210. The van der Waals surface area contributed by atoms with Crippen molar-refractivity contribution >= 4 is 24.3 Å². The summed E-state index contributed by atoms with van der Waals surface area (Å²) >= 11 is 0. The standard InChI is InChI=1S/2C14H13NO.Cu.2NO3/c2*1-16-14-6-4-12(5-7-14)2-3-13-8-10-15-11-9-13;;2*2-1(3)4/h2*2-11H,1H3;;;/q;;+2;2*-1/b2*3-2+;;;. The Hall–Kier alpha value is -5.26. The van der Waals surface area contributed by atoms with Gasteiger partial charge in [-0.25, -0.2) is 0 Å². The minimum atomic E-state index is -1.75. The van der Waals surface area contributed by atoms with Gasteiger partial charge in [-0.05, 0) is 70.8 Å². The molecule has 0 saturated heterocycles. The Morgan fingerprint density at radius 1 is 0.512 bits per heavy atom. The van der Waals surface area contributed by atoms with Crippen molar-refractivity contribution in [2.75, 3.05) is 14.2 Å². The van der Waals surface area contributed by atoms with Crippen molar-refractivity contribution in [3.05, 3.63) is 150 Å². The molecule has 0 aliphatic carbocycles.